The van der Waals surface area contributed by atoms with Crippen molar-refractivity contribution in [2.75, 3.05) is 43.4 Å². The van der Waals surface area contributed by atoms with Crippen LogP contribution < -0.4 is 10.2 Å². The topological polar surface area (TPSA) is 119 Å². The molecule has 0 unspecified atom stereocenters. The van der Waals surface area contributed by atoms with Gasteiger partial charge in [-0.3, -0.25) is 5.10 Å². The van der Waals surface area contributed by atoms with E-state index in [0.29, 0.717) is 28.6 Å². The average molecular weight is 465 g/mol. The summed E-state index contributed by atoms with van der Waals surface area (Å²) in [7, 11) is 2.11. The molecule has 4 aromatic rings. The lowest BCUT2D eigenvalue weighted by Crippen LogP contribution is -2.45. The molecule has 3 aromatic heterocycles. The number of hydrogen-bond acceptors (Lipinski definition) is 10. The molecule has 5 rings (SSSR count). The number of aromatic amines is 1. The highest BCUT2D eigenvalue weighted by atomic mass is 32.2. The van der Waals surface area contributed by atoms with E-state index in [9.17, 15) is 5.11 Å². The van der Waals surface area contributed by atoms with Crippen molar-refractivity contribution >= 4 is 29.5 Å². The van der Waals surface area contributed by atoms with Crippen LogP contribution >= 0.6 is 11.8 Å². The summed E-state index contributed by atoms with van der Waals surface area (Å²) in [6, 6.07) is 13.2. The van der Waals surface area contributed by atoms with Gasteiger partial charge in [0.05, 0.1) is 12.9 Å². The van der Waals surface area contributed by atoms with Crippen LogP contribution in [0, 0.1) is 0 Å². The maximum atomic E-state index is 9.28. The van der Waals surface area contributed by atoms with Gasteiger partial charge in [0, 0.05) is 37.1 Å². The first-order chi connectivity index (χ1) is 16.2. The van der Waals surface area contributed by atoms with Gasteiger partial charge in [0.1, 0.15) is 5.69 Å². The third-order valence-corrected chi connectivity index (χ3v) is 6.18. The fourth-order valence-electron chi connectivity index (χ4n) is 3.42. The van der Waals surface area contributed by atoms with Crippen LogP contribution in [-0.4, -0.2) is 68.4 Å². The fraction of sp³-hybridized carbons (Fsp3) is 0.273. The van der Waals surface area contributed by atoms with Crippen LogP contribution in [0.4, 0.5) is 17.7 Å². The molecule has 11 heteroatoms. The molecule has 0 radical (unpaired) electrons. The zero-order valence-corrected chi connectivity index (χ0v) is 18.9. The number of aliphatic hydroxyl groups is 1. The molecule has 4 heterocycles. The quantitative estimate of drug-likeness (QED) is 0.376. The third-order valence-electron chi connectivity index (χ3n) is 5.31. The highest BCUT2D eigenvalue weighted by Gasteiger charge is 2.19. The van der Waals surface area contributed by atoms with E-state index in [4.69, 9.17) is 9.40 Å². The van der Waals surface area contributed by atoms with E-state index in [1.54, 1.807) is 6.26 Å². The molecule has 3 N–H and O–H groups in total. The molecule has 1 aromatic carbocycles. The molecule has 1 aliphatic heterocycles. The normalized spacial score (nSPS) is 14.5. The maximum absolute atomic E-state index is 9.28. The number of nitrogens with zero attached hydrogens (tertiary/aromatic N) is 6. The number of nitrogens with one attached hydrogen (secondary N) is 2. The Balaban J connectivity index is 1.41. The first-order valence-corrected chi connectivity index (χ1v) is 11.4. The Morgan fingerprint density at radius 2 is 1.91 bits per heavy atom. The predicted octanol–water partition coefficient (Wildman–Crippen LogP) is 2.99. The molecule has 0 aliphatic carbocycles. The van der Waals surface area contributed by atoms with Gasteiger partial charge in [0.2, 0.25) is 11.9 Å². The van der Waals surface area contributed by atoms with Gasteiger partial charge >= 0.3 is 0 Å². The van der Waals surface area contributed by atoms with Crippen LogP contribution in [0.25, 0.3) is 11.5 Å². The van der Waals surface area contributed by atoms with Gasteiger partial charge in [-0.1, -0.05) is 12.1 Å². The molecular weight excluding hydrogens is 440 g/mol. The van der Waals surface area contributed by atoms with E-state index in [-0.39, 0.29) is 6.61 Å². The number of rotatable bonds is 7. The van der Waals surface area contributed by atoms with Crippen LogP contribution in [0.1, 0.15) is 5.56 Å². The number of H-pyrrole nitrogens is 1. The monoisotopic (exact) mass is 464 g/mol. The van der Waals surface area contributed by atoms with E-state index in [1.807, 2.05) is 42.5 Å². The lowest BCUT2D eigenvalue weighted by Gasteiger charge is -2.32. The predicted molar refractivity (Wildman–Crippen MR) is 126 cm³/mol. The van der Waals surface area contributed by atoms with Crippen LogP contribution in [0.2, 0.25) is 0 Å². The van der Waals surface area contributed by atoms with Crippen molar-refractivity contribution < 1.29 is 9.52 Å². The molecule has 0 bridgehead atoms. The molecule has 33 heavy (non-hydrogen) atoms. The smallest absolute Gasteiger partial charge is 0.234 e. The minimum Gasteiger partial charge on any atom is -0.463 e. The summed E-state index contributed by atoms with van der Waals surface area (Å²) in [6.07, 6.45) is 1.62. The molecule has 170 valence electrons. The molecule has 0 saturated carbocycles. The molecule has 1 aliphatic rings. The molecule has 10 nitrogen and oxygen atoms in total. The Morgan fingerprint density at radius 3 is 2.64 bits per heavy atom. The van der Waals surface area contributed by atoms with Gasteiger partial charge in [0.15, 0.2) is 16.7 Å². The van der Waals surface area contributed by atoms with Crippen molar-refractivity contribution in [1.29, 1.82) is 0 Å². The lowest BCUT2D eigenvalue weighted by atomic mass is 10.2. The number of benzene rings is 1. The standard InChI is InChI=1S/C22H24N8O2S/c1-29-8-10-30(11-9-29)21-24-20(23-19-13-17(27-28-19)18-3-2-12-32-18)25-22(26-21)33-16-6-4-15(14-31)5-7-16/h2-7,12-13,31H,8-11,14H2,1H3,(H2,23,24,25,26,27,28). The van der Waals surface area contributed by atoms with Crippen molar-refractivity contribution in [2.45, 2.75) is 16.7 Å². The number of likely N-dealkylation sites (N-methyl/N-ethyl adjacent to an activating group) is 1. The number of aromatic nitrogens is 5. The van der Waals surface area contributed by atoms with E-state index in [1.165, 1.54) is 11.8 Å². The van der Waals surface area contributed by atoms with Crippen molar-refractivity contribution in [2.24, 2.45) is 0 Å². The summed E-state index contributed by atoms with van der Waals surface area (Å²) in [5.74, 6) is 2.34. The molecule has 1 saturated heterocycles. The zero-order chi connectivity index (χ0) is 22.6. The number of hydrogen-bond donors (Lipinski definition) is 3. The molecular formula is C22H24N8O2S. The van der Waals surface area contributed by atoms with Gasteiger partial charge in [0.25, 0.3) is 0 Å². The van der Waals surface area contributed by atoms with Crippen molar-refractivity contribution in [3.8, 4) is 11.5 Å². The number of furan rings is 1. The number of piperazine rings is 1. The minimum atomic E-state index is 0.0159. The SMILES string of the molecule is CN1CCN(c2nc(Nc3cc(-c4ccco4)[nH]n3)nc(Sc3ccc(CO)cc3)n2)CC1. The summed E-state index contributed by atoms with van der Waals surface area (Å²) in [4.78, 5) is 19.4. The first kappa shape index (κ1) is 21.4. The number of aliphatic hydroxyl groups excluding tert-OH is 1. The number of anilines is 3. The second-order valence-corrected chi connectivity index (χ2v) is 8.75. The Labute approximate surface area is 195 Å². The summed E-state index contributed by atoms with van der Waals surface area (Å²) in [6.45, 7) is 3.61. The summed E-state index contributed by atoms with van der Waals surface area (Å²) in [5, 5.41) is 20.3. The van der Waals surface area contributed by atoms with E-state index in [2.05, 4.69) is 42.3 Å². The average Bonchev–Trinajstić information content (AvgIpc) is 3.52. The van der Waals surface area contributed by atoms with Crippen LogP contribution in [0.3, 0.4) is 0 Å². The van der Waals surface area contributed by atoms with Gasteiger partial charge < -0.3 is 24.6 Å². The second kappa shape index (κ2) is 9.61. The van der Waals surface area contributed by atoms with E-state index < -0.39 is 0 Å². The molecule has 0 atom stereocenters. The Bertz CT molecular complexity index is 1190. The fourth-order valence-corrected chi connectivity index (χ4v) is 4.16. The van der Waals surface area contributed by atoms with Crippen LogP contribution in [0.15, 0.2) is 63.2 Å². The van der Waals surface area contributed by atoms with Gasteiger partial charge in [-0.25, -0.2) is 0 Å². The first-order valence-electron chi connectivity index (χ1n) is 10.6. The third kappa shape index (κ3) is 5.16. The van der Waals surface area contributed by atoms with Crippen LogP contribution in [0.5, 0.6) is 0 Å². The molecule has 0 amide bonds. The van der Waals surface area contributed by atoms with Crippen molar-refractivity contribution in [3.05, 3.63) is 54.3 Å². The lowest BCUT2D eigenvalue weighted by molar-refractivity contribution is 0.282. The zero-order valence-electron chi connectivity index (χ0n) is 18.1. The second-order valence-electron chi connectivity index (χ2n) is 7.71. The largest absolute Gasteiger partial charge is 0.463 e. The summed E-state index contributed by atoms with van der Waals surface area (Å²) < 4.78 is 5.42. The summed E-state index contributed by atoms with van der Waals surface area (Å²) in [5.41, 5.74) is 1.62. The Hall–Kier alpha value is -3.41. The van der Waals surface area contributed by atoms with E-state index >= 15 is 0 Å². The summed E-state index contributed by atoms with van der Waals surface area (Å²) >= 11 is 1.45. The Kier molecular flexibility index (Phi) is 6.24. The van der Waals surface area contributed by atoms with Gasteiger partial charge in [-0.15, -0.1) is 0 Å². The van der Waals surface area contributed by atoms with Crippen LogP contribution in [-0.2, 0) is 6.61 Å². The van der Waals surface area contributed by atoms with Crippen molar-refractivity contribution in [1.82, 2.24) is 30.0 Å². The van der Waals surface area contributed by atoms with Gasteiger partial charge in [-0.2, -0.15) is 20.1 Å². The molecule has 1 fully saturated rings. The highest BCUT2D eigenvalue weighted by molar-refractivity contribution is 7.99. The van der Waals surface area contributed by atoms with E-state index in [0.717, 1.165) is 42.3 Å². The highest BCUT2D eigenvalue weighted by Crippen LogP contribution is 2.28. The van der Waals surface area contributed by atoms with Gasteiger partial charge in [-0.05, 0) is 48.6 Å². The van der Waals surface area contributed by atoms with Crippen molar-refractivity contribution in [3.63, 3.8) is 0 Å². The maximum Gasteiger partial charge on any atom is 0.234 e. The Morgan fingerprint density at radius 1 is 1.09 bits per heavy atom. The minimum absolute atomic E-state index is 0.0159. The molecule has 0 spiro atoms.